The minimum atomic E-state index is -0.556. The lowest BCUT2D eigenvalue weighted by molar-refractivity contribution is 0.0949. The van der Waals surface area contributed by atoms with Crippen LogP contribution in [0.25, 0.3) is 0 Å². The zero-order chi connectivity index (χ0) is 24.5. The standard InChI is InChI=1S/C28H25N3O4/c29-27(32)25-12-1-2-13-26(25)35-18-21-8-5-9-22(15-21)28(33)31-17-20-7-6-11-24(16-20)34-19-23-10-3-4-14-30-23/h1-16H,17-19H2,(H2,29,32)(H,31,33). The van der Waals surface area contributed by atoms with Gasteiger partial charge in [0.2, 0.25) is 0 Å². The minimum absolute atomic E-state index is 0.196. The van der Waals surface area contributed by atoms with Crippen LogP contribution in [0.15, 0.2) is 97.2 Å². The third kappa shape index (κ3) is 6.68. The number of primary amides is 1. The molecule has 4 aromatic rings. The minimum Gasteiger partial charge on any atom is -0.488 e. The van der Waals surface area contributed by atoms with E-state index >= 15 is 0 Å². The lowest BCUT2D eigenvalue weighted by Crippen LogP contribution is -2.23. The Morgan fingerprint density at radius 3 is 2.43 bits per heavy atom. The molecule has 0 radical (unpaired) electrons. The van der Waals surface area contributed by atoms with Gasteiger partial charge in [0, 0.05) is 18.3 Å². The van der Waals surface area contributed by atoms with Crippen LogP contribution < -0.4 is 20.5 Å². The number of pyridine rings is 1. The van der Waals surface area contributed by atoms with Gasteiger partial charge >= 0.3 is 0 Å². The molecule has 3 N–H and O–H groups in total. The molecule has 0 saturated carbocycles. The number of benzene rings is 3. The number of nitrogens with zero attached hydrogens (tertiary/aromatic N) is 1. The number of rotatable bonds is 10. The Morgan fingerprint density at radius 1 is 0.800 bits per heavy atom. The fraction of sp³-hybridized carbons (Fsp3) is 0.107. The van der Waals surface area contributed by atoms with E-state index in [1.807, 2.05) is 48.5 Å². The highest BCUT2D eigenvalue weighted by molar-refractivity contribution is 5.95. The van der Waals surface area contributed by atoms with Gasteiger partial charge in [0.1, 0.15) is 24.7 Å². The van der Waals surface area contributed by atoms with Crippen LogP contribution in [0.4, 0.5) is 0 Å². The number of ether oxygens (including phenoxy) is 2. The van der Waals surface area contributed by atoms with Gasteiger partial charge in [-0.05, 0) is 59.7 Å². The number of nitrogens with one attached hydrogen (secondary N) is 1. The Hall–Kier alpha value is -4.65. The first kappa shape index (κ1) is 23.5. The van der Waals surface area contributed by atoms with E-state index in [1.54, 1.807) is 48.7 Å². The Morgan fingerprint density at radius 2 is 1.60 bits per heavy atom. The molecule has 0 aliphatic rings. The SMILES string of the molecule is NC(=O)c1ccccc1OCc1cccc(C(=O)NCc2cccc(OCc3ccccn3)c2)c1. The maximum absolute atomic E-state index is 12.7. The van der Waals surface area contributed by atoms with Crippen molar-refractivity contribution >= 4 is 11.8 Å². The van der Waals surface area contributed by atoms with Crippen LogP contribution in [0.3, 0.4) is 0 Å². The lowest BCUT2D eigenvalue weighted by atomic mass is 10.1. The third-order valence-corrected chi connectivity index (χ3v) is 5.20. The summed E-state index contributed by atoms with van der Waals surface area (Å²) in [5.41, 5.74) is 8.77. The fourth-order valence-corrected chi connectivity index (χ4v) is 3.43. The number of para-hydroxylation sites is 1. The molecule has 0 aliphatic carbocycles. The highest BCUT2D eigenvalue weighted by atomic mass is 16.5. The van der Waals surface area contributed by atoms with Crippen LogP contribution in [0.1, 0.15) is 37.5 Å². The molecule has 0 unspecified atom stereocenters. The van der Waals surface area contributed by atoms with E-state index in [0.717, 1.165) is 16.8 Å². The van der Waals surface area contributed by atoms with Crippen molar-refractivity contribution in [2.75, 3.05) is 0 Å². The summed E-state index contributed by atoms with van der Waals surface area (Å²) in [5, 5.41) is 2.93. The van der Waals surface area contributed by atoms with Gasteiger partial charge in [0.15, 0.2) is 0 Å². The molecule has 0 aliphatic heterocycles. The van der Waals surface area contributed by atoms with Crippen molar-refractivity contribution in [2.45, 2.75) is 19.8 Å². The summed E-state index contributed by atoms with van der Waals surface area (Å²) < 4.78 is 11.6. The van der Waals surface area contributed by atoms with Gasteiger partial charge in [0.05, 0.1) is 11.3 Å². The van der Waals surface area contributed by atoms with E-state index in [1.165, 1.54) is 0 Å². The second kappa shape index (κ2) is 11.5. The Balaban J connectivity index is 1.33. The number of carbonyl (C=O) groups excluding carboxylic acids is 2. The Labute approximate surface area is 203 Å². The summed E-state index contributed by atoms with van der Waals surface area (Å²) >= 11 is 0. The molecule has 4 rings (SSSR count). The van der Waals surface area contributed by atoms with Crippen molar-refractivity contribution in [2.24, 2.45) is 5.73 Å². The smallest absolute Gasteiger partial charge is 0.252 e. The van der Waals surface area contributed by atoms with Gasteiger partial charge in [-0.2, -0.15) is 0 Å². The summed E-state index contributed by atoms with van der Waals surface area (Å²) in [7, 11) is 0. The molecule has 7 heteroatoms. The summed E-state index contributed by atoms with van der Waals surface area (Å²) in [6.07, 6.45) is 1.73. The average Bonchev–Trinajstić information content (AvgIpc) is 2.90. The zero-order valence-corrected chi connectivity index (χ0v) is 19.0. The average molecular weight is 468 g/mol. The van der Waals surface area contributed by atoms with Crippen LogP contribution in [0, 0.1) is 0 Å². The molecule has 1 heterocycles. The van der Waals surface area contributed by atoms with Crippen LogP contribution >= 0.6 is 0 Å². The number of hydrogen-bond donors (Lipinski definition) is 2. The van der Waals surface area contributed by atoms with Gasteiger partial charge in [-0.3, -0.25) is 14.6 Å². The predicted molar refractivity (Wildman–Crippen MR) is 132 cm³/mol. The van der Waals surface area contributed by atoms with Crippen LogP contribution in [-0.2, 0) is 19.8 Å². The molecule has 0 spiro atoms. The van der Waals surface area contributed by atoms with Crippen molar-refractivity contribution < 1.29 is 19.1 Å². The molecule has 0 atom stereocenters. The zero-order valence-electron chi connectivity index (χ0n) is 19.0. The summed E-state index contributed by atoms with van der Waals surface area (Å²) in [6.45, 7) is 0.919. The summed E-state index contributed by atoms with van der Waals surface area (Å²) in [5.74, 6) is 0.349. The molecule has 7 nitrogen and oxygen atoms in total. The van der Waals surface area contributed by atoms with Gasteiger partial charge in [-0.1, -0.05) is 42.5 Å². The van der Waals surface area contributed by atoms with Crippen LogP contribution in [0.5, 0.6) is 11.5 Å². The maximum Gasteiger partial charge on any atom is 0.252 e. The highest BCUT2D eigenvalue weighted by Gasteiger charge is 2.10. The van der Waals surface area contributed by atoms with Gasteiger partial charge < -0.3 is 20.5 Å². The second-order valence-electron chi connectivity index (χ2n) is 7.79. The largest absolute Gasteiger partial charge is 0.488 e. The van der Waals surface area contributed by atoms with E-state index in [9.17, 15) is 9.59 Å². The molecular weight excluding hydrogens is 442 g/mol. The molecule has 176 valence electrons. The number of aromatic nitrogens is 1. The van der Waals surface area contributed by atoms with Crippen molar-refractivity contribution in [1.29, 1.82) is 0 Å². The Kier molecular flexibility index (Phi) is 7.70. The van der Waals surface area contributed by atoms with Crippen molar-refractivity contribution in [3.8, 4) is 11.5 Å². The number of carbonyl (C=O) groups is 2. The van der Waals surface area contributed by atoms with Crippen LogP contribution in [0.2, 0.25) is 0 Å². The van der Waals surface area contributed by atoms with E-state index in [0.29, 0.717) is 35.8 Å². The quantitative estimate of drug-likeness (QED) is 0.363. The molecular formula is C28H25N3O4. The van der Waals surface area contributed by atoms with Gasteiger partial charge in [-0.15, -0.1) is 0 Å². The molecule has 0 bridgehead atoms. The monoisotopic (exact) mass is 467 g/mol. The first-order valence-corrected chi connectivity index (χ1v) is 11.1. The first-order valence-electron chi connectivity index (χ1n) is 11.1. The van der Waals surface area contributed by atoms with E-state index in [2.05, 4.69) is 10.3 Å². The molecule has 0 fully saturated rings. The number of amides is 2. The van der Waals surface area contributed by atoms with Gasteiger partial charge in [0.25, 0.3) is 11.8 Å². The predicted octanol–water partition coefficient (Wildman–Crippen LogP) is 4.27. The van der Waals surface area contributed by atoms with E-state index in [4.69, 9.17) is 15.2 Å². The molecule has 1 aromatic heterocycles. The Bertz CT molecular complexity index is 1310. The van der Waals surface area contributed by atoms with Crippen molar-refractivity contribution in [1.82, 2.24) is 10.3 Å². The summed E-state index contributed by atoms with van der Waals surface area (Å²) in [4.78, 5) is 28.5. The molecule has 2 amide bonds. The van der Waals surface area contributed by atoms with Crippen molar-refractivity contribution in [3.63, 3.8) is 0 Å². The maximum atomic E-state index is 12.7. The first-order chi connectivity index (χ1) is 17.1. The lowest BCUT2D eigenvalue weighted by Gasteiger charge is -2.11. The van der Waals surface area contributed by atoms with E-state index < -0.39 is 5.91 Å². The molecule has 3 aromatic carbocycles. The van der Waals surface area contributed by atoms with Gasteiger partial charge in [-0.25, -0.2) is 0 Å². The fourth-order valence-electron chi connectivity index (χ4n) is 3.43. The normalized spacial score (nSPS) is 10.4. The number of hydrogen-bond acceptors (Lipinski definition) is 5. The number of nitrogens with two attached hydrogens (primary N) is 1. The summed E-state index contributed by atoms with van der Waals surface area (Å²) in [6, 6.07) is 27.2. The highest BCUT2D eigenvalue weighted by Crippen LogP contribution is 2.19. The molecule has 0 saturated heterocycles. The molecule has 35 heavy (non-hydrogen) atoms. The van der Waals surface area contributed by atoms with Crippen LogP contribution in [-0.4, -0.2) is 16.8 Å². The van der Waals surface area contributed by atoms with E-state index in [-0.39, 0.29) is 12.5 Å². The van der Waals surface area contributed by atoms with Crippen molar-refractivity contribution in [3.05, 3.63) is 125 Å². The second-order valence-corrected chi connectivity index (χ2v) is 7.79. The topological polar surface area (TPSA) is 104 Å². The third-order valence-electron chi connectivity index (χ3n) is 5.20.